The van der Waals surface area contributed by atoms with Crippen molar-refractivity contribution in [1.29, 1.82) is 0 Å². The van der Waals surface area contributed by atoms with Crippen LogP contribution in [0, 0.1) is 0 Å². The number of aromatic amines is 1. The normalized spacial score (nSPS) is 14.9. The van der Waals surface area contributed by atoms with Crippen molar-refractivity contribution in [3.05, 3.63) is 90.1 Å². The Bertz CT molecular complexity index is 1320. The molecule has 2 amide bonds. The molecule has 2 heterocycles. The van der Waals surface area contributed by atoms with Crippen molar-refractivity contribution in [2.45, 2.75) is 19.4 Å². The van der Waals surface area contributed by atoms with E-state index in [-0.39, 0.29) is 24.3 Å². The minimum Gasteiger partial charge on any atom is -0.338 e. The predicted molar refractivity (Wildman–Crippen MR) is 126 cm³/mol. The monoisotopic (exact) mass is 422 g/mol. The highest BCUT2D eigenvalue weighted by molar-refractivity contribution is 5.96. The number of benzene rings is 3. The van der Waals surface area contributed by atoms with Crippen LogP contribution in [0.4, 0.5) is 5.69 Å². The smallest absolute Gasteiger partial charge is 0.226 e. The molecule has 0 saturated carbocycles. The number of para-hydroxylation sites is 3. The number of hydrogen-bond donors (Lipinski definition) is 2. The summed E-state index contributed by atoms with van der Waals surface area (Å²) in [6.07, 6.45) is 3.81. The van der Waals surface area contributed by atoms with Crippen molar-refractivity contribution in [3.63, 3.8) is 0 Å². The first-order valence-electron chi connectivity index (χ1n) is 10.5. The molecule has 1 unspecified atom stereocenters. The molecule has 32 heavy (non-hydrogen) atoms. The van der Waals surface area contributed by atoms with E-state index in [1.165, 1.54) is 6.92 Å². The summed E-state index contributed by atoms with van der Waals surface area (Å²) >= 11 is 0. The number of nitrogens with zero attached hydrogens (tertiary/aromatic N) is 2. The molecule has 2 N–H and O–H groups in total. The molecule has 6 nitrogen and oxygen atoms in total. The molecule has 1 atom stereocenters. The molecular formula is C26H22N4O2. The Morgan fingerprint density at radius 3 is 2.59 bits per heavy atom. The molecule has 0 aliphatic carbocycles. The summed E-state index contributed by atoms with van der Waals surface area (Å²) < 4.78 is 0. The molecule has 4 aromatic rings. The fourth-order valence-corrected chi connectivity index (χ4v) is 4.17. The van der Waals surface area contributed by atoms with Gasteiger partial charge >= 0.3 is 0 Å². The van der Waals surface area contributed by atoms with Gasteiger partial charge in [0.2, 0.25) is 11.8 Å². The summed E-state index contributed by atoms with van der Waals surface area (Å²) in [7, 11) is 0. The van der Waals surface area contributed by atoms with E-state index in [0.717, 1.165) is 27.7 Å². The first-order chi connectivity index (χ1) is 15.6. The van der Waals surface area contributed by atoms with E-state index in [2.05, 4.69) is 15.3 Å². The van der Waals surface area contributed by atoms with Gasteiger partial charge < -0.3 is 15.2 Å². The summed E-state index contributed by atoms with van der Waals surface area (Å²) in [4.78, 5) is 34.9. The number of imidazole rings is 1. The molecule has 0 radical (unpaired) electrons. The van der Waals surface area contributed by atoms with Gasteiger partial charge in [-0.3, -0.25) is 9.59 Å². The molecule has 6 heteroatoms. The number of carbonyl (C=O) groups is 2. The number of hydrogen-bond acceptors (Lipinski definition) is 3. The standard InChI is InChI=1S/C26H22N4O2/c1-17(31)30-15-14-18-8-2-3-9-19(18)24(30)16-25(32)27-21-11-5-4-10-20(21)26-28-22-12-6-7-13-23(22)29-26/h2-15,24H,16H2,1H3,(H,27,32)(H,28,29). The highest BCUT2D eigenvalue weighted by atomic mass is 16.2. The van der Waals surface area contributed by atoms with Gasteiger partial charge in [0.05, 0.1) is 29.2 Å². The highest BCUT2D eigenvalue weighted by Gasteiger charge is 2.28. The zero-order valence-corrected chi connectivity index (χ0v) is 17.6. The van der Waals surface area contributed by atoms with Gasteiger partial charge in [-0.2, -0.15) is 0 Å². The zero-order valence-electron chi connectivity index (χ0n) is 17.6. The van der Waals surface area contributed by atoms with Crippen LogP contribution in [-0.4, -0.2) is 26.7 Å². The molecule has 1 aliphatic rings. The number of fused-ring (bicyclic) bond motifs is 2. The van der Waals surface area contributed by atoms with Crippen molar-refractivity contribution < 1.29 is 9.59 Å². The van der Waals surface area contributed by atoms with Crippen LogP contribution >= 0.6 is 0 Å². The largest absolute Gasteiger partial charge is 0.338 e. The molecule has 5 rings (SSSR count). The van der Waals surface area contributed by atoms with E-state index in [1.54, 1.807) is 11.1 Å². The van der Waals surface area contributed by atoms with E-state index >= 15 is 0 Å². The number of H-pyrrole nitrogens is 1. The Morgan fingerprint density at radius 1 is 1.00 bits per heavy atom. The van der Waals surface area contributed by atoms with Crippen LogP contribution in [0.2, 0.25) is 0 Å². The number of aromatic nitrogens is 2. The van der Waals surface area contributed by atoms with Crippen molar-refractivity contribution in [2.75, 3.05) is 5.32 Å². The van der Waals surface area contributed by atoms with E-state index in [0.29, 0.717) is 11.5 Å². The number of nitrogens with one attached hydrogen (secondary N) is 2. The number of anilines is 1. The van der Waals surface area contributed by atoms with Crippen LogP contribution < -0.4 is 5.32 Å². The van der Waals surface area contributed by atoms with Gasteiger partial charge in [0, 0.05) is 18.7 Å². The summed E-state index contributed by atoms with van der Waals surface area (Å²) in [5.74, 6) is 0.421. The average molecular weight is 422 g/mol. The molecule has 1 aromatic heterocycles. The Kier molecular flexibility index (Phi) is 5.03. The first kappa shape index (κ1) is 19.8. The quantitative estimate of drug-likeness (QED) is 0.478. The Hall–Kier alpha value is -4.19. The van der Waals surface area contributed by atoms with Crippen molar-refractivity contribution in [2.24, 2.45) is 0 Å². The SMILES string of the molecule is CC(=O)N1C=Cc2ccccc2C1CC(=O)Nc1ccccc1-c1nc2ccccc2[nH]1. The molecule has 0 spiro atoms. The van der Waals surface area contributed by atoms with Crippen molar-refractivity contribution in [1.82, 2.24) is 14.9 Å². The third-order valence-corrected chi connectivity index (χ3v) is 5.69. The van der Waals surface area contributed by atoms with Gasteiger partial charge in [-0.15, -0.1) is 0 Å². The fraction of sp³-hybridized carbons (Fsp3) is 0.115. The van der Waals surface area contributed by atoms with Gasteiger partial charge in [-0.25, -0.2) is 4.98 Å². The maximum atomic E-state index is 13.1. The minimum atomic E-state index is -0.355. The lowest BCUT2D eigenvalue weighted by Gasteiger charge is -2.32. The Labute approximate surface area is 185 Å². The lowest BCUT2D eigenvalue weighted by molar-refractivity contribution is -0.129. The molecule has 158 valence electrons. The fourth-order valence-electron chi connectivity index (χ4n) is 4.17. The van der Waals surface area contributed by atoms with Crippen LogP contribution in [0.25, 0.3) is 28.5 Å². The molecule has 3 aromatic carbocycles. The summed E-state index contributed by atoms with van der Waals surface area (Å²) in [6.45, 7) is 1.51. The summed E-state index contributed by atoms with van der Waals surface area (Å²) in [5.41, 5.74) is 5.27. The van der Waals surface area contributed by atoms with Gasteiger partial charge in [-0.1, -0.05) is 48.5 Å². The van der Waals surface area contributed by atoms with Crippen molar-refractivity contribution in [3.8, 4) is 11.4 Å². The van der Waals surface area contributed by atoms with Crippen LogP contribution in [0.5, 0.6) is 0 Å². The maximum Gasteiger partial charge on any atom is 0.226 e. The van der Waals surface area contributed by atoms with Gasteiger partial charge in [0.15, 0.2) is 0 Å². The van der Waals surface area contributed by atoms with E-state index in [4.69, 9.17) is 0 Å². The topological polar surface area (TPSA) is 78.1 Å². The van der Waals surface area contributed by atoms with E-state index < -0.39 is 0 Å². The Morgan fingerprint density at radius 2 is 1.75 bits per heavy atom. The lowest BCUT2D eigenvalue weighted by Crippen LogP contribution is -2.33. The third-order valence-electron chi connectivity index (χ3n) is 5.69. The first-order valence-corrected chi connectivity index (χ1v) is 10.5. The van der Waals surface area contributed by atoms with Gasteiger partial charge in [0.25, 0.3) is 0 Å². The molecule has 0 saturated heterocycles. The lowest BCUT2D eigenvalue weighted by atomic mass is 9.93. The molecular weight excluding hydrogens is 400 g/mol. The highest BCUT2D eigenvalue weighted by Crippen LogP contribution is 2.34. The second-order valence-electron chi connectivity index (χ2n) is 7.79. The average Bonchev–Trinajstić information content (AvgIpc) is 3.23. The van der Waals surface area contributed by atoms with Crippen LogP contribution in [0.15, 0.2) is 79.0 Å². The zero-order chi connectivity index (χ0) is 22.1. The second kappa shape index (κ2) is 8.15. The third kappa shape index (κ3) is 3.67. The maximum absolute atomic E-state index is 13.1. The number of carbonyl (C=O) groups excluding carboxylic acids is 2. The van der Waals surface area contributed by atoms with Crippen molar-refractivity contribution >= 4 is 34.6 Å². The second-order valence-corrected chi connectivity index (χ2v) is 7.79. The number of amides is 2. The van der Waals surface area contributed by atoms with Gasteiger partial charge in [0.1, 0.15) is 5.82 Å². The molecule has 0 fully saturated rings. The van der Waals surface area contributed by atoms with E-state index in [1.807, 2.05) is 78.9 Å². The van der Waals surface area contributed by atoms with E-state index in [9.17, 15) is 9.59 Å². The molecule has 0 bridgehead atoms. The Balaban J connectivity index is 1.42. The summed E-state index contributed by atoms with van der Waals surface area (Å²) in [6, 6.07) is 22.9. The van der Waals surface area contributed by atoms with Crippen LogP contribution in [0.3, 0.4) is 0 Å². The summed E-state index contributed by atoms with van der Waals surface area (Å²) in [5, 5.41) is 3.03. The van der Waals surface area contributed by atoms with Crippen LogP contribution in [0.1, 0.15) is 30.5 Å². The van der Waals surface area contributed by atoms with Crippen LogP contribution in [-0.2, 0) is 9.59 Å². The number of rotatable bonds is 4. The molecule has 1 aliphatic heterocycles. The minimum absolute atomic E-state index is 0.101. The van der Waals surface area contributed by atoms with Gasteiger partial charge in [-0.05, 0) is 41.5 Å². The predicted octanol–water partition coefficient (Wildman–Crippen LogP) is 5.13.